The smallest absolute Gasteiger partial charge is 0.257 e. The summed E-state index contributed by atoms with van der Waals surface area (Å²) >= 11 is 0. The molecule has 152 valence electrons. The molecule has 2 fully saturated rings. The minimum absolute atomic E-state index is 0.0739. The Bertz CT molecular complexity index is 869. The van der Waals surface area contributed by atoms with Gasteiger partial charge in [-0.15, -0.1) is 0 Å². The molecule has 0 unspecified atom stereocenters. The minimum Gasteiger partial charge on any atom is -0.372 e. The highest BCUT2D eigenvalue weighted by molar-refractivity contribution is 6.05. The van der Waals surface area contributed by atoms with Crippen molar-refractivity contribution in [1.82, 2.24) is 14.8 Å². The van der Waals surface area contributed by atoms with Crippen LogP contribution in [0.15, 0.2) is 42.7 Å². The molecule has 29 heavy (non-hydrogen) atoms. The van der Waals surface area contributed by atoms with E-state index in [2.05, 4.69) is 20.1 Å². The zero-order chi connectivity index (χ0) is 20.2. The molecule has 2 amide bonds. The lowest BCUT2D eigenvalue weighted by Crippen LogP contribution is -2.47. The van der Waals surface area contributed by atoms with E-state index in [1.54, 1.807) is 6.07 Å². The fourth-order valence-corrected chi connectivity index (χ4v) is 3.81. The summed E-state index contributed by atoms with van der Waals surface area (Å²) in [4.78, 5) is 35.9. The molecule has 2 saturated heterocycles. The quantitative estimate of drug-likeness (QED) is 0.863. The Hall–Kier alpha value is -2.93. The molecular weight excluding hydrogens is 366 g/mol. The first-order chi connectivity index (χ1) is 14.1. The first-order valence-corrected chi connectivity index (χ1v) is 10.2. The van der Waals surface area contributed by atoms with Crippen LogP contribution in [0.5, 0.6) is 0 Å². The Kier molecular flexibility index (Phi) is 5.76. The molecule has 7 heteroatoms. The Labute approximate surface area is 171 Å². The lowest BCUT2D eigenvalue weighted by atomic mass is 10.1. The van der Waals surface area contributed by atoms with Crippen LogP contribution in [-0.4, -0.2) is 72.9 Å². The fourth-order valence-electron chi connectivity index (χ4n) is 3.81. The van der Waals surface area contributed by atoms with Crippen molar-refractivity contribution in [2.24, 2.45) is 0 Å². The number of rotatable bonds is 4. The van der Waals surface area contributed by atoms with E-state index >= 15 is 0 Å². The number of nitrogens with zero attached hydrogens (tertiary/aromatic N) is 4. The molecule has 2 aromatic rings. The van der Waals surface area contributed by atoms with Gasteiger partial charge >= 0.3 is 0 Å². The van der Waals surface area contributed by atoms with Crippen LogP contribution in [0.1, 0.15) is 33.6 Å². The number of likely N-dealkylation sites (N-methyl/N-ethyl adjacent to an activating group) is 1. The molecule has 2 aliphatic heterocycles. The monoisotopic (exact) mass is 393 g/mol. The second-order valence-corrected chi connectivity index (χ2v) is 7.75. The van der Waals surface area contributed by atoms with Crippen LogP contribution in [-0.2, 0) is 0 Å². The number of piperazine rings is 1. The van der Waals surface area contributed by atoms with E-state index < -0.39 is 0 Å². The van der Waals surface area contributed by atoms with Crippen molar-refractivity contribution in [1.29, 1.82) is 0 Å². The van der Waals surface area contributed by atoms with Crippen LogP contribution in [0.25, 0.3) is 0 Å². The number of benzene rings is 1. The third-order valence-corrected chi connectivity index (χ3v) is 5.63. The molecule has 7 nitrogen and oxygen atoms in total. The van der Waals surface area contributed by atoms with Crippen molar-refractivity contribution >= 4 is 23.2 Å². The average Bonchev–Trinajstić information content (AvgIpc) is 3.29. The van der Waals surface area contributed by atoms with Crippen LogP contribution in [0, 0.1) is 0 Å². The molecule has 1 N–H and O–H groups in total. The van der Waals surface area contributed by atoms with E-state index in [-0.39, 0.29) is 11.8 Å². The maximum Gasteiger partial charge on any atom is 0.257 e. The molecule has 1 aromatic heterocycles. The predicted molar refractivity (Wildman–Crippen MR) is 113 cm³/mol. The summed E-state index contributed by atoms with van der Waals surface area (Å²) in [5.41, 5.74) is 2.75. The minimum atomic E-state index is -0.264. The summed E-state index contributed by atoms with van der Waals surface area (Å²) in [5, 5.41) is 2.90. The molecule has 2 aliphatic rings. The fraction of sp³-hybridized carbons (Fsp3) is 0.409. The van der Waals surface area contributed by atoms with Crippen LogP contribution < -0.4 is 10.2 Å². The molecule has 0 saturated carbocycles. The van der Waals surface area contributed by atoms with Gasteiger partial charge in [-0.05, 0) is 50.2 Å². The van der Waals surface area contributed by atoms with Gasteiger partial charge in [0, 0.05) is 63.0 Å². The second-order valence-electron chi connectivity index (χ2n) is 7.75. The van der Waals surface area contributed by atoms with Gasteiger partial charge in [-0.1, -0.05) is 0 Å². The van der Waals surface area contributed by atoms with Gasteiger partial charge in [-0.2, -0.15) is 0 Å². The van der Waals surface area contributed by atoms with Crippen molar-refractivity contribution < 1.29 is 9.59 Å². The van der Waals surface area contributed by atoms with Crippen molar-refractivity contribution in [3.05, 3.63) is 53.9 Å². The number of carbonyl (C=O) groups is 2. The largest absolute Gasteiger partial charge is 0.372 e. The van der Waals surface area contributed by atoms with Gasteiger partial charge in [0.2, 0.25) is 0 Å². The Morgan fingerprint density at radius 3 is 2.24 bits per heavy atom. The topological polar surface area (TPSA) is 68.8 Å². The van der Waals surface area contributed by atoms with Crippen LogP contribution in [0.2, 0.25) is 0 Å². The molecule has 4 rings (SSSR count). The summed E-state index contributed by atoms with van der Waals surface area (Å²) in [6.45, 7) is 5.26. The average molecular weight is 393 g/mol. The van der Waals surface area contributed by atoms with Gasteiger partial charge in [-0.3, -0.25) is 14.6 Å². The van der Waals surface area contributed by atoms with Gasteiger partial charge < -0.3 is 20.0 Å². The highest BCUT2D eigenvalue weighted by atomic mass is 16.2. The molecule has 0 atom stereocenters. The van der Waals surface area contributed by atoms with Gasteiger partial charge in [-0.25, -0.2) is 0 Å². The summed E-state index contributed by atoms with van der Waals surface area (Å²) in [5.74, 6) is -0.338. The van der Waals surface area contributed by atoms with E-state index in [4.69, 9.17) is 0 Å². The first kappa shape index (κ1) is 19.4. The number of aromatic nitrogens is 1. The van der Waals surface area contributed by atoms with E-state index in [0.717, 1.165) is 31.9 Å². The van der Waals surface area contributed by atoms with Crippen LogP contribution in [0.4, 0.5) is 11.4 Å². The predicted octanol–water partition coefficient (Wildman–Crippen LogP) is 2.32. The van der Waals surface area contributed by atoms with Crippen molar-refractivity contribution in [2.45, 2.75) is 12.8 Å². The van der Waals surface area contributed by atoms with Crippen molar-refractivity contribution in [3.63, 3.8) is 0 Å². The van der Waals surface area contributed by atoms with Crippen LogP contribution >= 0.6 is 0 Å². The Morgan fingerprint density at radius 1 is 0.897 bits per heavy atom. The van der Waals surface area contributed by atoms with Crippen molar-refractivity contribution in [2.75, 3.05) is 56.5 Å². The van der Waals surface area contributed by atoms with Gasteiger partial charge in [0.05, 0.1) is 11.1 Å². The standard InChI is InChI=1S/C22H27N5O2/c1-25-10-12-27(13-11-25)22(29)18-14-17(15-23-16-18)21(28)24-19-4-6-20(7-5-19)26-8-2-3-9-26/h4-7,14-16H,2-3,8-13H2,1H3,(H,24,28). The normalized spacial score (nSPS) is 17.4. The number of pyridine rings is 1. The number of hydrogen-bond donors (Lipinski definition) is 1. The van der Waals surface area contributed by atoms with Gasteiger partial charge in [0.1, 0.15) is 0 Å². The number of carbonyl (C=O) groups excluding carboxylic acids is 2. The lowest BCUT2D eigenvalue weighted by Gasteiger charge is -2.32. The summed E-state index contributed by atoms with van der Waals surface area (Å²) < 4.78 is 0. The maximum atomic E-state index is 12.7. The molecule has 1 aromatic carbocycles. The molecule has 0 radical (unpaired) electrons. The van der Waals surface area contributed by atoms with Gasteiger partial charge in [0.15, 0.2) is 0 Å². The molecule has 0 bridgehead atoms. The third-order valence-electron chi connectivity index (χ3n) is 5.63. The van der Waals surface area contributed by atoms with E-state index in [9.17, 15) is 9.59 Å². The van der Waals surface area contributed by atoms with E-state index in [1.165, 1.54) is 30.9 Å². The second kappa shape index (κ2) is 8.61. The lowest BCUT2D eigenvalue weighted by molar-refractivity contribution is 0.0663. The number of hydrogen-bond acceptors (Lipinski definition) is 5. The first-order valence-electron chi connectivity index (χ1n) is 10.2. The molecule has 3 heterocycles. The zero-order valence-electron chi connectivity index (χ0n) is 16.8. The summed E-state index contributed by atoms with van der Waals surface area (Å²) in [6, 6.07) is 9.52. The number of nitrogens with one attached hydrogen (secondary N) is 1. The molecule has 0 aliphatic carbocycles. The highest BCUT2D eigenvalue weighted by Gasteiger charge is 2.21. The van der Waals surface area contributed by atoms with Crippen LogP contribution in [0.3, 0.4) is 0 Å². The number of amides is 2. The zero-order valence-corrected chi connectivity index (χ0v) is 16.8. The van der Waals surface area contributed by atoms with E-state index in [1.807, 2.05) is 36.2 Å². The maximum absolute atomic E-state index is 12.7. The highest BCUT2D eigenvalue weighted by Crippen LogP contribution is 2.22. The molecular formula is C22H27N5O2. The number of anilines is 2. The Balaban J connectivity index is 1.41. The summed E-state index contributed by atoms with van der Waals surface area (Å²) in [6.07, 6.45) is 5.49. The summed E-state index contributed by atoms with van der Waals surface area (Å²) in [7, 11) is 2.05. The Morgan fingerprint density at radius 2 is 1.55 bits per heavy atom. The molecule has 0 spiro atoms. The van der Waals surface area contributed by atoms with E-state index in [0.29, 0.717) is 24.2 Å². The third kappa shape index (κ3) is 4.56. The SMILES string of the molecule is CN1CCN(C(=O)c2cncc(C(=O)Nc3ccc(N4CCCC4)cc3)c2)CC1. The van der Waals surface area contributed by atoms with Crippen molar-refractivity contribution in [3.8, 4) is 0 Å². The van der Waals surface area contributed by atoms with Gasteiger partial charge in [0.25, 0.3) is 11.8 Å².